The Hall–Kier alpha value is -1.60. The highest BCUT2D eigenvalue weighted by Gasteiger charge is 2.23. The van der Waals surface area contributed by atoms with Crippen LogP contribution >= 0.6 is 0 Å². The first kappa shape index (κ1) is 14.5. The Labute approximate surface area is 106 Å². The first-order valence-electron chi connectivity index (χ1n) is 5.40. The minimum Gasteiger partial charge on any atom is -0.555 e. The van der Waals surface area contributed by atoms with Crippen LogP contribution in [0.3, 0.4) is 0 Å². The van der Waals surface area contributed by atoms with Crippen LogP contribution in [0.1, 0.15) is 5.69 Å². The van der Waals surface area contributed by atoms with Crippen LogP contribution in [0.5, 0.6) is 0 Å². The number of aromatic nitrogens is 2. The fourth-order valence-electron chi connectivity index (χ4n) is 1.40. The van der Waals surface area contributed by atoms with E-state index in [1.54, 1.807) is 13.0 Å². The topological polar surface area (TPSA) is 108 Å². The van der Waals surface area contributed by atoms with Gasteiger partial charge in [0.15, 0.2) is 5.78 Å². The van der Waals surface area contributed by atoms with Crippen molar-refractivity contribution in [2.45, 2.75) is 19.1 Å². The van der Waals surface area contributed by atoms with E-state index in [0.29, 0.717) is 12.1 Å². The smallest absolute Gasteiger partial charge is 0.414 e. The molecule has 0 aliphatic carbocycles. The number of imidazole rings is 1. The molecule has 1 aromatic heterocycles. The van der Waals surface area contributed by atoms with Crippen molar-refractivity contribution in [2.24, 2.45) is 0 Å². The molecule has 18 heavy (non-hydrogen) atoms. The van der Waals surface area contributed by atoms with Crippen molar-refractivity contribution in [3.05, 3.63) is 18.2 Å². The Kier molecular flexibility index (Phi) is 5.60. The number of hydrogen-bond acceptors (Lipinski definition) is 6. The number of Topliss-reactive ketones (excluding diaryl/α,β-unsaturated/α-hetero) is 1. The van der Waals surface area contributed by atoms with E-state index in [9.17, 15) is 9.82 Å². The Morgan fingerprint density at radius 1 is 1.83 bits per heavy atom. The van der Waals surface area contributed by atoms with Crippen molar-refractivity contribution < 1.29 is 19.6 Å². The molecule has 95 valence electrons. The van der Waals surface area contributed by atoms with Crippen molar-refractivity contribution in [1.82, 2.24) is 9.46 Å². The summed E-state index contributed by atoms with van der Waals surface area (Å²) in [6.45, 7) is 0.992. The molecule has 0 amide bonds. The number of nitrogens with zero attached hydrogens (tertiary/aromatic N) is 2. The monoisotopic (exact) mass is 250 g/mol. The van der Waals surface area contributed by atoms with Crippen LogP contribution in [0.4, 0.5) is 0 Å². The lowest BCUT2D eigenvalue weighted by atomic mass is 9.74. The molecule has 1 heterocycles. The van der Waals surface area contributed by atoms with E-state index in [2.05, 4.69) is 9.64 Å². The van der Waals surface area contributed by atoms with Crippen LogP contribution in [0.25, 0.3) is 0 Å². The second-order valence-corrected chi connectivity index (χ2v) is 3.77. The number of nitrogens with one attached hydrogen (secondary N) is 1. The van der Waals surface area contributed by atoms with Gasteiger partial charge in [-0.15, -0.1) is 0 Å². The maximum Gasteiger partial charge on any atom is 0.414 e. The van der Waals surface area contributed by atoms with E-state index in [1.165, 1.54) is 18.3 Å². The summed E-state index contributed by atoms with van der Waals surface area (Å²) in [7, 11) is 0.493. The SMILES string of the molecule is CB(O)n1cnc(CC([B]OC=N)C(=O)CO)c1. The van der Waals surface area contributed by atoms with E-state index >= 15 is 0 Å². The standard InChI is InChI=1S/C9H14B2N3O4/c1-11(17)14-3-7(13-6-14)2-8(9(16)4-15)10-18-5-12/h3,5-6,8,12,15,17H,2,4H2,1H3. The third-order valence-corrected chi connectivity index (χ3v) is 2.40. The Morgan fingerprint density at radius 2 is 2.56 bits per heavy atom. The summed E-state index contributed by atoms with van der Waals surface area (Å²) in [4.78, 5) is 15.5. The van der Waals surface area contributed by atoms with E-state index in [4.69, 9.17) is 10.5 Å². The Morgan fingerprint density at radius 3 is 3.06 bits per heavy atom. The van der Waals surface area contributed by atoms with Gasteiger partial charge < -0.3 is 19.3 Å². The maximum absolute atomic E-state index is 11.4. The van der Waals surface area contributed by atoms with Crippen LogP contribution in [0.2, 0.25) is 12.6 Å². The highest BCUT2D eigenvalue weighted by atomic mass is 16.4. The number of carbonyl (C=O) groups is 1. The molecule has 0 fully saturated rings. The number of aliphatic hydroxyl groups excluding tert-OH is 1. The van der Waals surface area contributed by atoms with Crippen LogP contribution < -0.4 is 0 Å². The molecule has 7 nitrogen and oxygen atoms in total. The zero-order chi connectivity index (χ0) is 13.5. The summed E-state index contributed by atoms with van der Waals surface area (Å²) in [6, 6.07) is 0. The summed E-state index contributed by atoms with van der Waals surface area (Å²) in [5.41, 5.74) is 0.590. The molecule has 1 rings (SSSR count). The van der Waals surface area contributed by atoms with Crippen LogP contribution in [0.15, 0.2) is 12.5 Å². The quantitative estimate of drug-likeness (QED) is 0.310. The van der Waals surface area contributed by atoms with Crippen LogP contribution in [-0.4, -0.2) is 52.9 Å². The van der Waals surface area contributed by atoms with E-state index in [1.807, 2.05) is 0 Å². The zero-order valence-corrected chi connectivity index (χ0v) is 9.98. The second kappa shape index (κ2) is 6.97. The van der Waals surface area contributed by atoms with E-state index in [0.717, 1.165) is 0 Å². The molecule has 0 bridgehead atoms. The molecule has 0 aromatic carbocycles. The molecule has 0 spiro atoms. The number of carbonyl (C=O) groups excluding carboxylic acids is 1. The van der Waals surface area contributed by atoms with Gasteiger partial charge in [0.25, 0.3) is 0 Å². The predicted molar refractivity (Wildman–Crippen MR) is 66.6 cm³/mol. The number of aliphatic hydroxyl groups is 1. The van der Waals surface area contributed by atoms with Crippen LogP contribution in [-0.2, 0) is 15.9 Å². The lowest BCUT2D eigenvalue weighted by Gasteiger charge is -2.10. The molecule has 0 aliphatic rings. The van der Waals surface area contributed by atoms with Crippen LogP contribution in [0, 0.1) is 5.41 Å². The molecule has 3 N–H and O–H groups in total. The van der Waals surface area contributed by atoms with Crippen molar-refractivity contribution in [3.63, 3.8) is 0 Å². The molecule has 1 atom stereocenters. The highest BCUT2D eigenvalue weighted by molar-refractivity contribution is 6.46. The van der Waals surface area contributed by atoms with Gasteiger partial charge in [-0.05, 0) is 13.2 Å². The summed E-state index contributed by atoms with van der Waals surface area (Å²) in [5.74, 6) is -1.09. The molecule has 9 heteroatoms. The average Bonchev–Trinajstić information content (AvgIpc) is 2.82. The predicted octanol–water partition coefficient (Wildman–Crippen LogP) is -1.02. The molecule has 0 saturated carbocycles. The lowest BCUT2D eigenvalue weighted by molar-refractivity contribution is -0.121. The van der Waals surface area contributed by atoms with Gasteiger partial charge in [-0.25, -0.2) is 4.98 Å². The Bertz CT molecular complexity index is 410. The van der Waals surface area contributed by atoms with Gasteiger partial charge in [0.2, 0.25) is 0 Å². The van der Waals surface area contributed by atoms with E-state index in [-0.39, 0.29) is 6.42 Å². The first-order chi connectivity index (χ1) is 8.58. The maximum atomic E-state index is 11.4. The molecule has 0 saturated heterocycles. The van der Waals surface area contributed by atoms with Crippen molar-refractivity contribution in [1.29, 1.82) is 5.41 Å². The lowest BCUT2D eigenvalue weighted by Crippen LogP contribution is -2.22. The molecular formula is C9H14B2N3O4. The summed E-state index contributed by atoms with van der Waals surface area (Å²) in [5, 5.41) is 24.9. The van der Waals surface area contributed by atoms with Gasteiger partial charge in [-0.1, -0.05) is 0 Å². The third-order valence-electron chi connectivity index (χ3n) is 2.40. The van der Waals surface area contributed by atoms with Crippen molar-refractivity contribution in [2.75, 3.05) is 6.61 Å². The highest BCUT2D eigenvalue weighted by Crippen LogP contribution is 2.13. The van der Waals surface area contributed by atoms with Crippen molar-refractivity contribution in [3.8, 4) is 0 Å². The van der Waals surface area contributed by atoms with Gasteiger partial charge in [0, 0.05) is 12.0 Å². The van der Waals surface area contributed by atoms with E-state index < -0.39 is 25.3 Å². The molecule has 1 unspecified atom stereocenters. The summed E-state index contributed by atoms with van der Waals surface area (Å²) >= 11 is 0. The van der Waals surface area contributed by atoms with Gasteiger partial charge >= 0.3 is 14.5 Å². The number of hydrogen-bond donors (Lipinski definition) is 3. The fourth-order valence-corrected chi connectivity index (χ4v) is 1.40. The molecule has 1 aromatic rings. The minimum atomic E-state index is -0.694. The summed E-state index contributed by atoms with van der Waals surface area (Å²) < 4.78 is 6.14. The number of ketones is 1. The normalized spacial score (nSPS) is 11.7. The number of rotatable bonds is 8. The van der Waals surface area contributed by atoms with Gasteiger partial charge in [0.05, 0.1) is 12.0 Å². The van der Waals surface area contributed by atoms with Crippen molar-refractivity contribution >= 4 is 26.7 Å². The van der Waals surface area contributed by atoms with Gasteiger partial charge in [-0.3, -0.25) is 10.2 Å². The largest absolute Gasteiger partial charge is 0.555 e. The second-order valence-electron chi connectivity index (χ2n) is 3.77. The molecular weight excluding hydrogens is 236 g/mol. The molecule has 1 radical (unpaired) electrons. The third kappa shape index (κ3) is 4.01. The fraction of sp³-hybridized carbons (Fsp3) is 0.444. The molecule has 0 aliphatic heterocycles. The Balaban J connectivity index is 2.68. The zero-order valence-electron chi connectivity index (χ0n) is 9.98. The first-order valence-corrected chi connectivity index (χ1v) is 5.40. The van der Waals surface area contributed by atoms with Gasteiger partial charge in [0.1, 0.15) is 13.0 Å². The average molecular weight is 250 g/mol. The summed E-state index contributed by atoms with van der Waals surface area (Å²) in [6.07, 6.45) is 4.01. The minimum absolute atomic E-state index is 0.243. The van der Waals surface area contributed by atoms with Gasteiger partial charge in [-0.2, -0.15) is 0 Å².